The normalized spacial score (nSPS) is 17.0. The molecule has 0 saturated heterocycles. The van der Waals surface area contributed by atoms with Gasteiger partial charge in [0.05, 0.1) is 0 Å². The van der Waals surface area contributed by atoms with Crippen molar-refractivity contribution >= 4 is 0 Å². The number of hydrogen-bond donors (Lipinski definition) is 0. The molecule has 0 aliphatic heterocycles. The molecule has 1 aromatic rings. The molecular formula is C10H14F2N2. The average Bonchev–Trinajstić information content (AvgIpc) is 2.83. The molecule has 2 rings (SSSR count). The van der Waals surface area contributed by atoms with Crippen molar-refractivity contribution in [2.75, 3.05) is 0 Å². The van der Waals surface area contributed by atoms with Crippen LogP contribution < -0.4 is 0 Å². The summed E-state index contributed by atoms with van der Waals surface area (Å²) in [4.78, 5) is 0. The van der Waals surface area contributed by atoms with Gasteiger partial charge >= 0.3 is 0 Å². The Morgan fingerprint density at radius 3 is 2.50 bits per heavy atom. The van der Waals surface area contributed by atoms with Crippen molar-refractivity contribution in [3.05, 3.63) is 17.5 Å². The predicted molar refractivity (Wildman–Crippen MR) is 49.5 cm³/mol. The quantitative estimate of drug-likeness (QED) is 0.732. The van der Waals surface area contributed by atoms with E-state index in [9.17, 15) is 8.78 Å². The topological polar surface area (TPSA) is 17.8 Å². The lowest BCUT2D eigenvalue weighted by Crippen LogP contribution is -2.06. The van der Waals surface area contributed by atoms with Crippen LogP contribution in [-0.2, 0) is 0 Å². The van der Waals surface area contributed by atoms with Gasteiger partial charge < -0.3 is 0 Å². The maximum atomic E-state index is 12.4. The predicted octanol–water partition coefficient (Wildman–Crippen LogP) is 3.28. The third-order valence-corrected chi connectivity index (χ3v) is 2.49. The second-order valence-electron chi connectivity index (χ2n) is 4.11. The molecule has 1 saturated carbocycles. The number of rotatable bonds is 3. The fourth-order valence-electron chi connectivity index (χ4n) is 1.63. The summed E-state index contributed by atoms with van der Waals surface area (Å²) in [6.07, 6.45) is -0.227. The molecule has 78 valence electrons. The third kappa shape index (κ3) is 1.65. The van der Waals surface area contributed by atoms with Crippen LogP contribution in [0.2, 0.25) is 0 Å². The van der Waals surface area contributed by atoms with Gasteiger partial charge in [-0.05, 0) is 32.8 Å². The molecule has 0 unspecified atom stereocenters. The van der Waals surface area contributed by atoms with Gasteiger partial charge in [0, 0.05) is 17.7 Å². The minimum absolute atomic E-state index is 0.0828. The van der Waals surface area contributed by atoms with Crippen LogP contribution in [0, 0.1) is 0 Å². The van der Waals surface area contributed by atoms with Crippen molar-refractivity contribution in [3.63, 3.8) is 0 Å². The fraction of sp³-hybridized carbons (Fsp3) is 0.700. The molecule has 0 aromatic carbocycles. The van der Waals surface area contributed by atoms with Crippen LogP contribution >= 0.6 is 0 Å². The summed E-state index contributed by atoms with van der Waals surface area (Å²) >= 11 is 0. The summed E-state index contributed by atoms with van der Waals surface area (Å²) in [5.74, 6) is 0.470. The van der Waals surface area contributed by atoms with Crippen molar-refractivity contribution in [3.8, 4) is 0 Å². The molecule has 0 spiro atoms. The Kier molecular flexibility index (Phi) is 2.29. The first kappa shape index (κ1) is 9.62. The van der Waals surface area contributed by atoms with Gasteiger partial charge in [-0.2, -0.15) is 5.10 Å². The van der Waals surface area contributed by atoms with E-state index in [0.717, 1.165) is 18.5 Å². The summed E-state index contributed by atoms with van der Waals surface area (Å²) in [7, 11) is 0. The zero-order valence-corrected chi connectivity index (χ0v) is 8.37. The first-order chi connectivity index (χ1) is 6.59. The Bertz CT molecular complexity index is 307. The third-order valence-electron chi connectivity index (χ3n) is 2.49. The average molecular weight is 200 g/mol. The maximum absolute atomic E-state index is 12.4. The van der Waals surface area contributed by atoms with E-state index in [1.165, 1.54) is 0 Å². The molecule has 4 heteroatoms. The number of halogens is 2. The Hall–Kier alpha value is -0.930. The van der Waals surface area contributed by atoms with Crippen LogP contribution in [0.1, 0.15) is 56.5 Å². The van der Waals surface area contributed by atoms with Crippen molar-refractivity contribution in [2.45, 2.75) is 45.1 Å². The summed E-state index contributed by atoms with van der Waals surface area (Å²) in [6, 6.07) is 1.72. The van der Waals surface area contributed by atoms with Gasteiger partial charge in [0.1, 0.15) is 5.69 Å². The van der Waals surface area contributed by atoms with Crippen molar-refractivity contribution < 1.29 is 8.78 Å². The maximum Gasteiger partial charge on any atom is 0.282 e. The SMILES string of the molecule is CC(C)n1nc(C(F)F)cc1C1CC1. The lowest BCUT2D eigenvalue weighted by Gasteiger charge is -2.09. The molecule has 1 heterocycles. The van der Waals surface area contributed by atoms with Crippen LogP contribution in [0.3, 0.4) is 0 Å². The van der Waals surface area contributed by atoms with Gasteiger partial charge in [-0.1, -0.05) is 0 Å². The minimum Gasteiger partial charge on any atom is -0.266 e. The van der Waals surface area contributed by atoms with E-state index in [1.54, 1.807) is 10.7 Å². The zero-order valence-electron chi connectivity index (χ0n) is 8.37. The Morgan fingerprint density at radius 1 is 1.43 bits per heavy atom. The lowest BCUT2D eigenvalue weighted by molar-refractivity contribution is 0.144. The number of alkyl halides is 2. The highest BCUT2D eigenvalue weighted by Crippen LogP contribution is 2.41. The zero-order chi connectivity index (χ0) is 10.3. The van der Waals surface area contributed by atoms with Crippen LogP contribution in [-0.4, -0.2) is 9.78 Å². The molecule has 14 heavy (non-hydrogen) atoms. The van der Waals surface area contributed by atoms with Gasteiger partial charge in [0.2, 0.25) is 0 Å². The Morgan fingerprint density at radius 2 is 2.07 bits per heavy atom. The summed E-state index contributed by atoms with van der Waals surface area (Å²) in [5.41, 5.74) is 0.899. The van der Waals surface area contributed by atoms with E-state index in [0.29, 0.717) is 5.92 Å². The molecule has 0 bridgehead atoms. The lowest BCUT2D eigenvalue weighted by atomic mass is 10.2. The summed E-state index contributed by atoms with van der Waals surface area (Å²) in [6.45, 7) is 3.93. The smallest absolute Gasteiger partial charge is 0.266 e. The first-order valence-electron chi connectivity index (χ1n) is 4.97. The molecule has 2 nitrogen and oxygen atoms in total. The highest BCUT2D eigenvalue weighted by Gasteiger charge is 2.30. The van der Waals surface area contributed by atoms with Crippen molar-refractivity contribution in [2.24, 2.45) is 0 Å². The Labute approximate surface area is 81.9 Å². The largest absolute Gasteiger partial charge is 0.282 e. The number of aromatic nitrogens is 2. The van der Waals surface area contributed by atoms with E-state index in [4.69, 9.17) is 0 Å². The standard InChI is InChI=1S/C10H14F2N2/c1-6(2)14-9(7-3-4-7)5-8(13-14)10(11)12/h5-7,10H,3-4H2,1-2H3. The number of hydrogen-bond acceptors (Lipinski definition) is 1. The molecule has 1 aliphatic rings. The molecule has 0 radical (unpaired) electrons. The van der Waals surface area contributed by atoms with Gasteiger partial charge in [-0.15, -0.1) is 0 Å². The first-order valence-corrected chi connectivity index (χ1v) is 4.97. The molecule has 0 N–H and O–H groups in total. The molecule has 0 atom stereocenters. The monoisotopic (exact) mass is 200 g/mol. The van der Waals surface area contributed by atoms with Crippen LogP contribution in [0.25, 0.3) is 0 Å². The number of nitrogens with zero attached hydrogens (tertiary/aromatic N) is 2. The molecule has 1 aliphatic carbocycles. The summed E-state index contributed by atoms with van der Waals surface area (Å²) in [5, 5.41) is 3.94. The second kappa shape index (κ2) is 3.33. The fourth-order valence-corrected chi connectivity index (χ4v) is 1.63. The molecule has 0 amide bonds. The molecular weight excluding hydrogens is 186 g/mol. The second-order valence-corrected chi connectivity index (χ2v) is 4.11. The van der Waals surface area contributed by atoms with Gasteiger partial charge in [-0.25, -0.2) is 8.78 Å². The van der Waals surface area contributed by atoms with E-state index in [2.05, 4.69) is 5.10 Å². The molecule has 1 fully saturated rings. The highest BCUT2D eigenvalue weighted by atomic mass is 19.3. The van der Waals surface area contributed by atoms with Crippen LogP contribution in [0.4, 0.5) is 8.78 Å². The highest BCUT2D eigenvalue weighted by molar-refractivity contribution is 5.20. The minimum atomic E-state index is -2.45. The van der Waals surface area contributed by atoms with Gasteiger partial charge in [0.25, 0.3) is 6.43 Å². The van der Waals surface area contributed by atoms with E-state index in [1.807, 2.05) is 13.8 Å². The van der Waals surface area contributed by atoms with E-state index >= 15 is 0 Å². The van der Waals surface area contributed by atoms with Crippen LogP contribution in [0.5, 0.6) is 0 Å². The van der Waals surface area contributed by atoms with Gasteiger partial charge in [0.15, 0.2) is 0 Å². The Balaban J connectivity index is 2.35. The van der Waals surface area contributed by atoms with E-state index < -0.39 is 6.43 Å². The van der Waals surface area contributed by atoms with E-state index in [-0.39, 0.29) is 11.7 Å². The van der Waals surface area contributed by atoms with Gasteiger partial charge in [-0.3, -0.25) is 4.68 Å². The van der Waals surface area contributed by atoms with Crippen molar-refractivity contribution in [1.29, 1.82) is 0 Å². The van der Waals surface area contributed by atoms with Crippen LogP contribution in [0.15, 0.2) is 6.07 Å². The summed E-state index contributed by atoms with van der Waals surface area (Å²) < 4.78 is 26.6. The van der Waals surface area contributed by atoms with Crippen molar-refractivity contribution in [1.82, 2.24) is 9.78 Å². The molecule has 1 aromatic heterocycles.